The summed E-state index contributed by atoms with van der Waals surface area (Å²) in [7, 11) is 0. The Hall–Kier alpha value is -0.850. The molecule has 5 heteroatoms. The molecule has 1 aromatic heterocycles. The van der Waals surface area contributed by atoms with Crippen LogP contribution < -0.4 is 4.90 Å². The van der Waals surface area contributed by atoms with Crippen LogP contribution in [0.1, 0.15) is 27.7 Å². The molecule has 1 saturated heterocycles. The van der Waals surface area contributed by atoms with Gasteiger partial charge in [-0.2, -0.15) is 0 Å². The van der Waals surface area contributed by atoms with E-state index < -0.39 is 5.60 Å². The van der Waals surface area contributed by atoms with Gasteiger partial charge in [0.25, 0.3) is 0 Å². The Kier molecular flexibility index (Phi) is 3.29. The predicted octanol–water partition coefficient (Wildman–Crippen LogP) is 3.45. The van der Waals surface area contributed by atoms with Crippen LogP contribution in [-0.4, -0.2) is 23.2 Å². The first-order chi connectivity index (χ1) is 8.23. The third-order valence-corrected chi connectivity index (χ3v) is 4.21. The highest BCUT2D eigenvalue weighted by Crippen LogP contribution is 2.39. The van der Waals surface area contributed by atoms with Crippen molar-refractivity contribution in [2.45, 2.75) is 33.3 Å². The second-order valence-corrected chi connectivity index (χ2v) is 7.02. The standard InChI is InChI=1S/C13H17IN2O2/c1-12(2,3)13(4)8-16(11(17)18-13)10-6-5-9(14)7-15-10/h5-7H,8H2,1-4H3/t13-/m1/s1. The molecule has 0 aromatic carbocycles. The maximum Gasteiger partial charge on any atom is 0.416 e. The number of carbonyl (C=O) groups excluding carboxylic acids is 1. The zero-order chi connectivity index (χ0) is 13.6. The van der Waals surface area contributed by atoms with Crippen molar-refractivity contribution in [3.05, 3.63) is 21.9 Å². The van der Waals surface area contributed by atoms with Gasteiger partial charge in [-0.25, -0.2) is 9.78 Å². The SMILES string of the molecule is CC(C)(C)[C@@]1(C)CN(c2ccc(I)cn2)C(=O)O1. The molecule has 98 valence electrons. The van der Waals surface area contributed by atoms with E-state index in [4.69, 9.17) is 4.74 Å². The molecule has 0 unspecified atom stereocenters. The van der Waals surface area contributed by atoms with E-state index in [1.807, 2.05) is 19.1 Å². The van der Waals surface area contributed by atoms with E-state index in [0.29, 0.717) is 12.4 Å². The fraction of sp³-hybridized carbons (Fsp3) is 0.538. The Morgan fingerprint density at radius 1 is 1.44 bits per heavy atom. The molecule has 1 fully saturated rings. The third-order valence-electron chi connectivity index (χ3n) is 3.57. The van der Waals surface area contributed by atoms with Crippen molar-refractivity contribution in [1.29, 1.82) is 0 Å². The van der Waals surface area contributed by atoms with Crippen LogP contribution in [0.15, 0.2) is 18.3 Å². The van der Waals surface area contributed by atoms with Crippen LogP contribution in [0.2, 0.25) is 0 Å². The quantitative estimate of drug-likeness (QED) is 0.721. The van der Waals surface area contributed by atoms with Crippen LogP contribution >= 0.6 is 22.6 Å². The maximum absolute atomic E-state index is 12.0. The molecular formula is C13H17IN2O2. The maximum atomic E-state index is 12.0. The Morgan fingerprint density at radius 3 is 2.56 bits per heavy atom. The van der Waals surface area contributed by atoms with Gasteiger partial charge < -0.3 is 4.74 Å². The van der Waals surface area contributed by atoms with E-state index >= 15 is 0 Å². The average Bonchev–Trinajstić information content (AvgIpc) is 2.56. The van der Waals surface area contributed by atoms with Crippen LogP contribution in [0.5, 0.6) is 0 Å². The number of cyclic esters (lactones) is 1. The van der Waals surface area contributed by atoms with E-state index in [1.54, 1.807) is 11.1 Å². The minimum absolute atomic E-state index is 0.111. The van der Waals surface area contributed by atoms with Gasteiger partial charge in [0.1, 0.15) is 11.4 Å². The fourth-order valence-electron chi connectivity index (χ4n) is 1.74. The second kappa shape index (κ2) is 4.36. The van der Waals surface area contributed by atoms with E-state index in [-0.39, 0.29) is 11.5 Å². The molecule has 1 amide bonds. The predicted molar refractivity (Wildman–Crippen MR) is 78.6 cm³/mol. The first kappa shape index (κ1) is 13.6. The summed E-state index contributed by atoms with van der Waals surface area (Å²) >= 11 is 2.19. The number of amides is 1. The summed E-state index contributed by atoms with van der Waals surface area (Å²) in [6.07, 6.45) is 1.43. The molecule has 0 saturated carbocycles. The topological polar surface area (TPSA) is 42.4 Å². The van der Waals surface area contributed by atoms with Gasteiger partial charge in [0.15, 0.2) is 0 Å². The van der Waals surface area contributed by atoms with Crippen molar-refractivity contribution in [3.8, 4) is 0 Å². The molecule has 18 heavy (non-hydrogen) atoms. The summed E-state index contributed by atoms with van der Waals surface area (Å²) < 4.78 is 6.60. The minimum atomic E-state index is -0.491. The first-order valence-corrected chi connectivity index (χ1v) is 6.93. The largest absolute Gasteiger partial charge is 0.440 e. The molecule has 0 radical (unpaired) electrons. The zero-order valence-electron chi connectivity index (χ0n) is 11.0. The average molecular weight is 360 g/mol. The molecule has 1 aromatic rings. The van der Waals surface area contributed by atoms with E-state index in [0.717, 1.165) is 3.57 Å². The Morgan fingerprint density at radius 2 is 2.11 bits per heavy atom. The monoisotopic (exact) mass is 360 g/mol. The lowest BCUT2D eigenvalue weighted by Crippen LogP contribution is -2.43. The smallest absolute Gasteiger partial charge is 0.416 e. The molecule has 1 aliphatic rings. The van der Waals surface area contributed by atoms with Crippen LogP contribution in [0.4, 0.5) is 10.6 Å². The van der Waals surface area contributed by atoms with Gasteiger partial charge in [0, 0.05) is 15.2 Å². The van der Waals surface area contributed by atoms with Crippen LogP contribution in [0.25, 0.3) is 0 Å². The summed E-state index contributed by atoms with van der Waals surface area (Å²) in [4.78, 5) is 17.9. The summed E-state index contributed by atoms with van der Waals surface area (Å²) in [5, 5.41) is 0. The molecule has 1 aliphatic heterocycles. The lowest BCUT2D eigenvalue weighted by atomic mass is 9.78. The normalized spacial score (nSPS) is 24.3. The summed E-state index contributed by atoms with van der Waals surface area (Å²) in [5.74, 6) is 0.647. The van der Waals surface area contributed by atoms with Crippen molar-refractivity contribution >= 4 is 34.5 Å². The molecule has 2 rings (SSSR count). The van der Waals surface area contributed by atoms with Gasteiger partial charge in [0.05, 0.1) is 6.54 Å². The van der Waals surface area contributed by atoms with Crippen molar-refractivity contribution in [3.63, 3.8) is 0 Å². The summed E-state index contributed by atoms with van der Waals surface area (Å²) in [6, 6.07) is 3.78. The van der Waals surface area contributed by atoms with Gasteiger partial charge in [-0.1, -0.05) is 20.8 Å². The zero-order valence-corrected chi connectivity index (χ0v) is 13.2. The van der Waals surface area contributed by atoms with E-state index in [2.05, 4.69) is 48.3 Å². The van der Waals surface area contributed by atoms with Gasteiger partial charge >= 0.3 is 6.09 Å². The van der Waals surface area contributed by atoms with Crippen molar-refractivity contribution in [2.75, 3.05) is 11.4 Å². The lowest BCUT2D eigenvalue weighted by molar-refractivity contribution is -0.0152. The number of hydrogen-bond donors (Lipinski definition) is 0. The lowest BCUT2D eigenvalue weighted by Gasteiger charge is -2.35. The van der Waals surface area contributed by atoms with Crippen LogP contribution in [-0.2, 0) is 4.74 Å². The molecule has 1 atom stereocenters. The van der Waals surface area contributed by atoms with Crippen molar-refractivity contribution in [2.24, 2.45) is 5.41 Å². The van der Waals surface area contributed by atoms with Gasteiger partial charge in [-0.15, -0.1) is 0 Å². The third kappa shape index (κ3) is 2.32. The highest BCUT2D eigenvalue weighted by Gasteiger charge is 2.50. The molecule has 4 nitrogen and oxygen atoms in total. The Bertz CT molecular complexity index is 467. The Labute approximate surface area is 121 Å². The molecular weight excluding hydrogens is 343 g/mol. The second-order valence-electron chi connectivity index (χ2n) is 5.77. The molecule has 2 heterocycles. The van der Waals surface area contributed by atoms with Gasteiger partial charge in [0.2, 0.25) is 0 Å². The van der Waals surface area contributed by atoms with Crippen molar-refractivity contribution < 1.29 is 9.53 Å². The highest BCUT2D eigenvalue weighted by molar-refractivity contribution is 14.1. The first-order valence-electron chi connectivity index (χ1n) is 5.85. The number of halogens is 1. The van der Waals surface area contributed by atoms with Crippen molar-refractivity contribution in [1.82, 2.24) is 4.98 Å². The number of hydrogen-bond acceptors (Lipinski definition) is 3. The fourth-order valence-corrected chi connectivity index (χ4v) is 2.06. The molecule has 0 N–H and O–H groups in total. The van der Waals surface area contributed by atoms with Gasteiger partial charge in [-0.3, -0.25) is 4.90 Å². The summed E-state index contributed by atoms with van der Waals surface area (Å²) in [5.41, 5.74) is -0.602. The minimum Gasteiger partial charge on any atom is -0.440 e. The Balaban J connectivity index is 2.28. The van der Waals surface area contributed by atoms with Gasteiger partial charge in [-0.05, 0) is 41.6 Å². The van der Waals surface area contributed by atoms with E-state index in [9.17, 15) is 4.79 Å². The summed E-state index contributed by atoms with van der Waals surface area (Å²) in [6.45, 7) is 8.72. The number of pyridine rings is 1. The number of nitrogens with zero attached hydrogens (tertiary/aromatic N) is 2. The molecule has 0 bridgehead atoms. The number of carbonyl (C=O) groups is 1. The molecule has 0 aliphatic carbocycles. The molecule has 0 spiro atoms. The van der Waals surface area contributed by atoms with E-state index in [1.165, 1.54) is 0 Å². The highest BCUT2D eigenvalue weighted by atomic mass is 127. The number of aromatic nitrogens is 1. The number of ether oxygens (including phenoxy) is 1. The van der Waals surface area contributed by atoms with Crippen LogP contribution in [0.3, 0.4) is 0 Å². The van der Waals surface area contributed by atoms with Crippen LogP contribution in [0, 0.1) is 8.99 Å². The number of anilines is 1. The number of rotatable bonds is 1.